The molecule has 0 aliphatic carbocycles. The monoisotopic (exact) mass is 491 g/mol. The minimum atomic E-state index is -3.89. The molecule has 0 spiro atoms. The van der Waals surface area contributed by atoms with Crippen LogP contribution in [0.2, 0.25) is 0 Å². The highest BCUT2D eigenvalue weighted by Crippen LogP contribution is 2.25. The van der Waals surface area contributed by atoms with E-state index in [1.54, 1.807) is 0 Å². The van der Waals surface area contributed by atoms with Gasteiger partial charge in [-0.15, -0.1) is 0 Å². The average molecular weight is 492 g/mol. The van der Waals surface area contributed by atoms with Gasteiger partial charge in [-0.1, -0.05) is 18.2 Å². The van der Waals surface area contributed by atoms with Gasteiger partial charge in [0.2, 0.25) is 15.9 Å². The maximum atomic E-state index is 13.1. The van der Waals surface area contributed by atoms with Crippen LogP contribution in [0.15, 0.2) is 59.5 Å². The number of amides is 1. The number of ether oxygens (including phenoxy) is 1. The smallest absolute Gasteiger partial charge is 0.240 e. The van der Waals surface area contributed by atoms with Gasteiger partial charge in [-0.3, -0.25) is 4.79 Å². The fraction of sp³-hybridized carbons (Fsp3) is 0.458. The van der Waals surface area contributed by atoms with Gasteiger partial charge in [0.1, 0.15) is 5.82 Å². The molecule has 184 valence electrons. The largest absolute Gasteiger partial charge is 0.394 e. The Hall–Kier alpha value is -2.53. The van der Waals surface area contributed by atoms with Gasteiger partial charge in [0.15, 0.2) is 0 Å². The Morgan fingerprint density at radius 2 is 1.71 bits per heavy atom. The van der Waals surface area contributed by atoms with Gasteiger partial charge in [0, 0.05) is 31.9 Å². The first-order valence-corrected chi connectivity index (χ1v) is 13.0. The van der Waals surface area contributed by atoms with E-state index in [4.69, 9.17) is 4.74 Å². The molecule has 2 N–H and O–H groups in total. The van der Waals surface area contributed by atoms with Crippen LogP contribution in [0, 0.1) is 5.82 Å². The zero-order valence-electron chi connectivity index (χ0n) is 18.8. The number of piperazine rings is 1. The lowest BCUT2D eigenvalue weighted by atomic mass is 9.97. The summed E-state index contributed by atoms with van der Waals surface area (Å²) in [4.78, 5) is 16.9. The summed E-state index contributed by atoms with van der Waals surface area (Å²) in [7, 11) is -3.89. The van der Waals surface area contributed by atoms with Crippen molar-refractivity contribution in [2.24, 2.45) is 0 Å². The molecular formula is C24H30FN3O5S. The molecular weight excluding hydrogens is 461 g/mol. The number of hydrogen-bond donors (Lipinski definition) is 2. The number of nitrogens with one attached hydrogen (secondary N) is 1. The topological polar surface area (TPSA) is 99.2 Å². The van der Waals surface area contributed by atoms with Crippen LogP contribution in [0.25, 0.3) is 0 Å². The first-order chi connectivity index (χ1) is 16.4. The Balaban J connectivity index is 1.28. The van der Waals surface area contributed by atoms with Crippen LogP contribution in [0.5, 0.6) is 0 Å². The highest BCUT2D eigenvalue weighted by molar-refractivity contribution is 7.89. The summed E-state index contributed by atoms with van der Waals surface area (Å²) in [6, 6.07) is 14.0. The highest BCUT2D eigenvalue weighted by Gasteiger charge is 2.35. The predicted octanol–water partition coefficient (Wildman–Crippen LogP) is 1.75. The van der Waals surface area contributed by atoms with E-state index in [2.05, 4.69) is 21.8 Å². The molecule has 0 saturated carbocycles. The number of carbonyl (C=O) groups is 1. The van der Waals surface area contributed by atoms with Crippen molar-refractivity contribution < 1.29 is 27.4 Å². The molecule has 34 heavy (non-hydrogen) atoms. The number of para-hydroxylation sites is 1. The molecule has 0 bridgehead atoms. The number of nitrogens with zero attached hydrogens (tertiary/aromatic N) is 2. The lowest BCUT2D eigenvalue weighted by molar-refractivity contribution is -0.140. The lowest BCUT2D eigenvalue weighted by Gasteiger charge is -2.38. The van der Waals surface area contributed by atoms with E-state index >= 15 is 0 Å². The molecule has 2 saturated heterocycles. The number of anilines is 1. The Morgan fingerprint density at radius 1 is 1.03 bits per heavy atom. The first kappa shape index (κ1) is 24.6. The van der Waals surface area contributed by atoms with E-state index in [0.717, 1.165) is 30.9 Å². The van der Waals surface area contributed by atoms with Crippen molar-refractivity contribution in [3.8, 4) is 0 Å². The Kier molecular flexibility index (Phi) is 7.82. The third kappa shape index (κ3) is 5.93. The van der Waals surface area contributed by atoms with E-state index in [9.17, 15) is 22.7 Å². The summed E-state index contributed by atoms with van der Waals surface area (Å²) >= 11 is 0. The Morgan fingerprint density at radius 3 is 2.35 bits per heavy atom. The molecule has 10 heteroatoms. The van der Waals surface area contributed by atoms with Crippen molar-refractivity contribution in [1.82, 2.24) is 9.62 Å². The maximum absolute atomic E-state index is 13.1. The first-order valence-electron chi connectivity index (χ1n) is 11.5. The molecule has 3 atom stereocenters. The normalized spacial score (nSPS) is 23.6. The maximum Gasteiger partial charge on any atom is 0.240 e. The zero-order valence-corrected chi connectivity index (χ0v) is 19.7. The number of rotatable bonds is 7. The Bertz CT molecular complexity index is 1060. The molecule has 1 amide bonds. The number of aliphatic hydroxyl groups excluding tert-OH is 1. The van der Waals surface area contributed by atoms with E-state index in [1.165, 1.54) is 12.1 Å². The van der Waals surface area contributed by atoms with Crippen LogP contribution >= 0.6 is 0 Å². The fourth-order valence-corrected chi connectivity index (χ4v) is 5.77. The molecule has 0 aromatic heterocycles. The number of aliphatic hydroxyl groups is 1. The van der Waals surface area contributed by atoms with Crippen LogP contribution in [-0.4, -0.2) is 75.4 Å². The molecule has 2 aromatic rings. The van der Waals surface area contributed by atoms with Gasteiger partial charge >= 0.3 is 0 Å². The predicted molar refractivity (Wildman–Crippen MR) is 125 cm³/mol. The number of carbonyl (C=O) groups excluding carboxylic acids is 1. The van der Waals surface area contributed by atoms with E-state index in [0.29, 0.717) is 25.9 Å². The molecule has 2 aromatic carbocycles. The third-order valence-electron chi connectivity index (χ3n) is 6.38. The summed E-state index contributed by atoms with van der Waals surface area (Å²) in [5.74, 6) is -0.526. The quantitative estimate of drug-likeness (QED) is 0.612. The number of hydrogen-bond acceptors (Lipinski definition) is 6. The zero-order chi connectivity index (χ0) is 24.1. The van der Waals surface area contributed by atoms with Crippen molar-refractivity contribution in [3.63, 3.8) is 0 Å². The minimum absolute atomic E-state index is 0.000237. The van der Waals surface area contributed by atoms with Crippen LogP contribution < -0.4 is 9.62 Å². The SMILES string of the molecule is O=C(C[C@H]1CC[C@@H](NS(=O)(=O)c2ccc(F)cc2)[C@H](CO)O1)N1CCN(c2ccccc2)CC1. The second-order valence-corrected chi connectivity index (χ2v) is 10.4. The van der Waals surface area contributed by atoms with Crippen LogP contribution in [0.1, 0.15) is 19.3 Å². The van der Waals surface area contributed by atoms with Gasteiger partial charge in [-0.2, -0.15) is 0 Å². The summed E-state index contributed by atoms with van der Waals surface area (Å²) in [5.41, 5.74) is 1.14. The van der Waals surface area contributed by atoms with Gasteiger partial charge in [-0.05, 0) is 49.2 Å². The lowest BCUT2D eigenvalue weighted by Crippen LogP contribution is -2.52. The van der Waals surface area contributed by atoms with Gasteiger partial charge < -0.3 is 19.6 Å². The molecule has 8 nitrogen and oxygen atoms in total. The van der Waals surface area contributed by atoms with Gasteiger partial charge in [-0.25, -0.2) is 17.5 Å². The van der Waals surface area contributed by atoms with E-state index in [1.807, 2.05) is 23.1 Å². The van der Waals surface area contributed by atoms with Crippen molar-refractivity contribution in [2.45, 2.75) is 42.4 Å². The van der Waals surface area contributed by atoms with Crippen molar-refractivity contribution in [3.05, 3.63) is 60.4 Å². The highest BCUT2D eigenvalue weighted by atomic mass is 32.2. The molecule has 0 radical (unpaired) electrons. The molecule has 0 unspecified atom stereocenters. The summed E-state index contributed by atoms with van der Waals surface area (Å²) in [5, 5.41) is 9.79. The summed E-state index contributed by atoms with van der Waals surface area (Å²) in [6.07, 6.45) is -0.0481. The fourth-order valence-electron chi connectivity index (χ4n) is 4.47. The van der Waals surface area contributed by atoms with E-state index in [-0.39, 0.29) is 29.9 Å². The molecule has 4 rings (SSSR count). The number of halogens is 1. The van der Waals surface area contributed by atoms with E-state index < -0.39 is 28.0 Å². The second kappa shape index (κ2) is 10.8. The van der Waals surface area contributed by atoms with Gasteiger partial charge in [0.25, 0.3) is 0 Å². The second-order valence-electron chi connectivity index (χ2n) is 8.65. The summed E-state index contributed by atoms with van der Waals surface area (Å²) < 4.78 is 46.9. The average Bonchev–Trinajstić information content (AvgIpc) is 2.85. The van der Waals surface area contributed by atoms with Gasteiger partial charge in [0.05, 0.1) is 36.2 Å². The molecule has 2 heterocycles. The molecule has 2 aliphatic heterocycles. The van der Waals surface area contributed by atoms with Crippen molar-refractivity contribution in [2.75, 3.05) is 37.7 Å². The third-order valence-corrected chi connectivity index (χ3v) is 7.89. The molecule has 2 aliphatic rings. The molecule has 2 fully saturated rings. The standard InChI is InChI=1S/C24H30FN3O5S/c25-18-6-9-21(10-7-18)34(31,32)26-22-11-8-20(33-23(22)17-29)16-24(30)28-14-12-27(13-15-28)19-4-2-1-3-5-19/h1-7,9-10,20,22-23,26,29H,8,11-17H2/t20-,22-,23+/m1/s1. The summed E-state index contributed by atoms with van der Waals surface area (Å²) in [6.45, 7) is 2.40. The number of sulfonamides is 1. The minimum Gasteiger partial charge on any atom is -0.394 e. The van der Waals surface area contributed by atoms with Crippen LogP contribution in [0.3, 0.4) is 0 Å². The van der Waals surface area contributed by atoms with Crippen LogP contribution in [-0.2, 0) is 19.6 Å². The van der Waals surface area contributed by atoms with Crippen LogP contribution in [0.4, 0.5) is 10.1 Å². The Labute approximate surface area is 199 Å². The van der Waals surface area contributed by atoms with Crippen molar-refractivity contribution in [1.29, 1.82) is 0 Å². The van der Waals surface area contributed by atoms with Crippen molar-refractivity contribution >= 4 is 21.6 Å². The number of benzene rings is 2.